The van der Waals surface area contributed by atoms with Crippen molar-refractivity contribution in [3.8, 4) is 5.75 Å². The number of ether oxygens (including phenoxy) is 1. The Kier molecular flexibility index (Phi) is 6.22. The molecule has 0 radical (unpaired) electrons. The van der Waals surface area contributed by atoms with Gasteiger partial charge in [-0.2, -0.15) is 0 Å². The molecule has 0 aliphatic rings. The zero-order valence-corrected chi connectivity index (χ0v) is 15.7. The third kappa shape index (κ3) is 5.33. The van der Waals surface area contributed by atoms with E-state index in [9.17, 15) is 8.42 Å². The molecule has 0 saturated carbocycles. The van der Waals surface area contributed by atoms with Gasteiger partial charge in [-0.3, -0.25) is 4.72 Å². The number of rotatable bonds is 8. The van der Waals surface area contributed by atoms with Gasteiger partial charge in [-0.05, 0) is 56.9 Å². The first-order chi connectivity index (χ1) is 11.8. The van der Waals surface area contributed by atoms with Crippen molar-refractivity contribution in [3.05, 3.63) is 42.1 Å². The van der Waals surface area contributed by atoms with E-state index in [2.05, 4.69) is 19.9 Å². The number of benzene rings is 1. The van der Waals surface area contributed by atoms with Crippen molar-refractivity contribution >= 4 is 21.5 Å². The van der Waals surface area contributed by atoms with Gasteiger partial charge in [-0.1, -0.05) is 0 Å². The molecule has 2 N–H and O–H groups in total. The van der Waals surface area contributed by atoms with Crippen molar-refractivity contribution in [2.75, 3.05) is 44.3 Å². The van der Waals surface area contributed by atoms with Crippen LogP contribution in [0.25, 0.3) is 0 Å². The molecule has 7 nitrogen and oxygen atoms in total. The van der Waals surface area contributed by atoms with E-state index in [-0.39, 0.29) is 10.7 Å². The maximum atomic E-state index is 12.5. The Bertz CT molecular complexity index is 805. The Morgan fingerprint density at radius 1 is 1.20 bits per heavy atom. The Balaban J connectivity index is 2.06. The molecule has 8 heteroatoms. The van der Waals surface area contributed by atoms with Gasteiger partial charge in [0.15, 0.2) is 0 Å². The molecule has 2 rings (SSSR count). The lowest BCUT2D eigenvalue weighted by molar-refractivity contribution is 0.411. The minimum Gasteiger partial charge on any atom is -0.496 e. The number of hydrogen-bond donors (Lipinski definition) is 2. The lowest BCUT2D eigenvalue weighted by Gasteiger charge is -2.12. The highest BCUT2D eigenvalue weighted by molar-refractivity contribution is 7.92. The number of sulfonamides is 1. The average Bonchev–Trinajstić information content (AvgIpc) is 2.56. The zero-order valence-electron chi connectivity index (χ0n) is 14.9. The molecule has 1 aromatic carbocycles. The number of aromatic nitrogens is 1. The normalized spacial score (nSPS) is 11.4. The summed E-state index contributed by atoms with van der Waals surface area (Å²) in [5.74, 6) is 0.914. The molecule has 0 amide bonds. The number of pyridine rings is 1. The van der Waals surface area contributed by atoms with Gasteiger partial charge in [-0.25, -0.2) is 13.4 Å². The van der Waals surface area contributed by atoms with Gasteiger partial charge in [0.2, 0.25) is 0 Å². The summed E-state index contributed by atoms with van der Waals surface area (Å²) in [4.78, 5) is 6.39. The Hall–Kier alpha value is -2.32. The molecular formula is C17H24N4O3S. The molecule has 25 heavy (non-hydrogen) atoms. The maximum Gasteiger partial charge on any atom is 0.263 e. The number of anilines is 2. The summed E-state index contributed by atoms with van der Waals surface area (Å²) in [6.45, 7) is 3.47. The lowest BCUT2D eigenvalue weighted by atomic mass is 10.2. The van der Waals surface area contributed by atoms with Gasteiger partial charge in [0.25, 0.3) is 10.0 Å². The monoisotopic (exact) mass is 364 g/mol. The SMILES string of the molecule is COc1ccc(S(=O)(=O)Nc2ccc(NCCN(C)C)cn2)cc1C. The van der Waals surface area contributed by atoms with E-state index in [0.717, 1.165) is 24.3 Å². The van der Waals surface area contributed by atoms with Crippen LogP contribution in [0.4, 0.5) is 11.5 Å². The van der Waals surface area contributed by atoms with Crippen molar-refractivity contribution in [3.63, 3.8) is 0 Å². The van der Waals surface area contributed by atoms with Crippen LogP contribution in [0.3, 0.4) is 0 Å². The largest absolute Gasteiger partial charge is 0.496 e. The van der Waals surface area contributed by atoms with Crippen LogP contribution in [0.15, 0.2) is 41.4 Å². The summed E-state index contributed by atoms with van der Waals surface area (Å²) >= 11 is 0. The molecule has 0 spiro atoms. The summed E-state index contributed by atoms with van der Waals surface area (Å²) in [5.41, 5.74) is 1.59. The minimum absolute atomic E-state index is 0.167. The standard InChI is InChI=1S/C17H24N4O3S/c1-13-11-15(6-7-16(13)24-4)25(22,23)20-17-8-5-14(12-19-17)18-9-10-21(2)3/h5-8,11-12,18H,9-10H2,1-4H3,(H,19,20). The number of likely N-dealkylation sites (N-methyl/N-ethyl adjacent to an activating group) is 1. The zero-order chi connectivity index (χ0) is 18.4. The number of hydrogen-bond acceptors (Lipinski definition) is 6. The minimum atomic E-state index is -3.70. The maximum absolute atomic E-state index is 12.5. The fourth-order valence-corrected chi connectivity index (χ4v) is 3.29. The van der Waals surface area contributed by atoms with Gasteiger partial charge in [0.1, 0.15) is 11.6 Å². The van der Waals surface area contributed by atoms with Gasteiger partial charge in [-0.15, -0.1) is 0 Å². The number of nitrogens with one attached hydrogen (secondary N) is 2. The van der Waals surface area contributed by atoms with E-state index >= 15 is 0 Å². The highest BCUT2D eigenvalue weighted by Crippen LogP contribution is 2.23. The van der Waals surface area contributed by atoms with E-state index < -0.39 is 10.0 Å². The first kappa shape index (κ1) is 19.0. The molecular weight excluding hydrogens is 340 g/mol. The van der Waals surface area contributed by atoms with Gasteiger partial charge in [0, 0.05) is 13.1 Å². The predicted octanol–water partition coefficient (Wildman–Crippen LogP) is 2.17. The van der Waals surface area contributed by atoms with E-state index in [0.29, 0.717) is 5.75 Å². The van der Waals surface area contributed by atoms with E-state index in [1.165, 1.54) is 6.07 Å². The fourth-order valence-electron chi connectivity index (χ4n) is 2.20. The van der Waals surface area contributed by atoms with Crippen LogP contribution in [0.2, 0.25) is 0 Å². The third-order valence-corrected chi connectivity index (χ3v) is 4.92. The van der Waals surface area contributed by atoms with Crippen molar-refractivity contribution in [2.45, 2.75) is 11.8 Å². The molecule has 0 aliphatic heterocycles. The van der Waals surface area contributed by atoms with Crippen LogP contribution in [0, 0.1) is 6.92 Å². The van der Waals surface area contributed by atoms with E-state index in [4.69, 9.17) is 4.74 Å². The molecule has 0 unspecified atom stereocenters. The molecule has 0 aliphatic carbocycles. The van der Waals surface area contributed by atoms with Crippen molar-refractivity contribution in [1.29, 1.82) is 0 Å². The predicted molar refractivity (Wildman–Crippen MR) is 99.8 cm³/mol. The Labute approximate surface area is 149 Å². The quantitative estimate of drug-likeness (QED) is 0.747. The number of nitrogens with zero attached hydrogens (tertiary/aromatic N) is 2. The van der Waals surface area contributed by atoms with Gasteiger partial charge >= 0.3 is 0 Å². The topological polar surface area (TPSA) is 83.6 Å². The molecule has 2 aromatic rings. The summed E-state index contributed by atoms with van der Waals surface area (Å²) in [7, 11) is 1.85. The molecule has 136 valence electrons. The van der Waals surface area contributed by atoms with E-state index in [1.54, 1.807) is 44.5 Å². The Morgan fingerprint density at radius 2 is 1.96 bits per heavy atom. The van der Waals surface area contributed by atoms with E-state index in [1.807, 2.05) is 14.1 Å². The van der Waals surface area contributed by atoms with Crippen LogP contribution in [0.1, 0.15) is 5.56 Å². The summed E-state index contributed by atoms with van der Waals surface area (Å²) in [6.07, 6.45) is 1.60. The van der Waals surface area contributed by atoms with Crippen LogP contribution in [-0.4, -0.2) is 52.6 Å². The van der Waals surface area contributed by atoms with Gasteiger partial charge in [0.05, 0.1) is 23.9 Å². The van der Waals surface area contributed by atoms with Crippen molar-refractivity contribution in [1.82, 2.24) is 9.88 Å². The lowest BCUT2D eigenvalue weighted by Crippen LogP contribution is -2.20. The Morgan fingerprint density at radius 3 is 2.52 bits per heavy atom. The average molecular weight is 364 g/mol. The molecule has 0 fully saturated rings. The van der Waals surface area contributed by atoms with Crippen molar-refractivity contribution in [2.24, 2.45) is 0 Å². The number of aryl methyl sites for hydroxylation is 1. The molecule has 0 saturated heterocycles. The van der Waals surface area contributed by atoms with Crippen LogP contribution in [-0.2, 0) is 10.0 Å². The second-order valence-electron chi connectivity index (χ2n) is 5.90. The second-order valence-corrected chi connectivity index (χ2v) is 7.58. The smallest absolute Gasteiger partial charge is 0.263 e. The third-order valence-electron chi connectivity index (χ3n) is 3.57. The fraction of sp³-hybridized carbons (Fsp3) is 0.353. The van der Waals surface area contributed by atoms with Crippen LogP contribution in [0.5, 0.6) is 5.75 Å². The molecule has 0 atom stereocenters. The molecule has 1 heterocycles. The second kappa shape index (κ2) is 8.17. The van der Waals surface area contributed by atoms with Gasteiger partial charge < -0.3 is 15.0 Å². The highest BCUT2D eigenvalue weighted by Gasteiger charge is 2.16. The first-order valence-corrected chi connectivity index (χ1v) is 9.32. The molecule has 0 bridgehead atoms. The van der Waals surface area contributed by atoms with Crippen LogP contribution >= 0.6 is 0 Å². The highest BCUT2D eigenvalue weighted by atomic mass is 32.2. The van der Waals surface area contributed by atoms with Crippen LogP contribution < -0.4 is 14.8 Å². The molecule has 1 aromatic heterocycles. The summed E-state index contributed by atoms with van der Waals surface area (Å²) < 4.78 is 32.6. The summed E-state index contributed by atoms with van der Waals surface area (Å²) in [5, 5.41) is 3.22. The van der Waals surface area contributed by atoms with Crippen molar-refractivity contribution < 1.29 is 13.2 Å². The summed E-state index contributed by atoms with van der Waals surface area (Å²) in [6, 6.07) is 8.13. The first-order valence-electron chi connectivity index (χ1n) is 7.84. The number of methoxy groups -OCH3 is 1.